The molecule has 4 rings (SSSR count). The number of nitrogens with zero attached hydrogens (tertiary/aromatic N) is 2. The van der Waals surface area contributed by atoms with Crippen LogP contribution in [0.4, 0.5) is 15.5 Å². The fourth-order valence-corrected chi connectivity index (χ4v) is 5.47. The normalized spacial score (nSPS) is 14.9. The van der Waals surface area contributed by atoms with E-state index in [-0.39, 0.29) is 17.2 Å². The number of pyridine rings is 1. The van der Waals surface area contributed by atoms with E-state index in [0.29, 0.717) is 35.2 Å². The van der Waals surface area contributed by atoms with Crippen LogP contribution in [0.3, 0.4) is 0 Å². The standard InChI is InChI=1S/C29H35N5O4S/c1-17-12-19(18-8-9-23(38-7)31-16-18)14-20(13-17)32-27(37)33-24-21(15-22(39-24)28(2,3)4)25(35)34-11-10-30-26(36)29(34,5)6/h8-9,12-16H,10-11H2,1-7H3,(H,30,36)(H2,32,33,37). The summed E-state index contributed by atoms with van der Waals surface area (Å²) in [4.78, 5) is 46.2. The second kappa shape index (κ2) is 10.7. The van der Waals surface area contributed by atoms with Gasteiger partial charge in [-0.3, -0.25) is 14.9 Å². The predicted molar refractivity (Wildman–Crippen MR) is 155 cm³/mol. The quantitative estimate of drug-likeness (QED) is 0.393. The number of anilines is 2. The number of aryl methyl sites for hydroxylation is 1. The van der Waals surface area contributed by atoms with Gasteiger partial charge in [0.1, 0.15) is 10.5 Å². The minimum atomic E-state index is -1.01. The van der Waals surface area contributed by atoms with Gasteiger partial charge >= 0.3 is 6.03 Å². The third-order valence-corrected chi connectivity index (χ3v) is 8.12. The number of methoxy groups -OCH3 is 1. The van der Waals surface area contributed by atoms with Crippen LogP contribution in [0.15, 0.2) is 42.6 Å². The van der Waals surface area contributed by atoms with E-state index in [1.54, 1.807) is 38.1 Å². The summed E-state index contributed by atoms with van der Waals surface area (Å²) < 4.78 is 5.14. The van der Waals surface area contributed by atoms with E-state index in [1.165, 1.54) is 11.3 Å². The molecule has 0 radical (unpaired) electrons. The van der Waals surface area contributed by atoms with Crippen LogP contribution in [0.5, 0.6) is 5.88 Å². The molecule has 2 aromatic heterocycles. The van der Waals surface area contributed by atoms with Crippen LogP contribution in [0.25, 0.3) is 11.1 Å². The minimum Gasteiger partial charge on any atom is -0.481 e. The zero-order valence-corrected chi connectivity index (χ0v) is 24.2. The summed E-state index contributed by atoms with van der Waals surface area (Å²) in [6.45, 7) is 12.3. The molecule has 1 aromatic carbocycles. The maximum atomic E-state index is 13.7. The fourth-order valence-electron chi connectivity index (χ4n) is 4.37. The Morgan fingerprint density at radius 3 is 2.49 bits per heavy atom. The summed E-state index contributed by atoms with van der Waals surface area (Å²) in [5.74, 6) is 0.0262. The van der Waals surface area contributed by atoms with Crippen molar-refractivity contribution < 1.29 is 19.1 Å². The molecule has 1 aliphatic heterocycles. The van der Waals surface area contributed by atoms with Gasteiger partial charge in [-0.1, -0.05) is 26.8 Å². The molecule has 0 spiro atoms. The first-order chi connectivity index (χ1) is 18.3. The van der Waals surface area contributed by atoms with Gasteiger partial charge in [0.15, 0.2) is 0 Å². The van der Waals surface area contributed by atoms with E-state index >= 15 is 0 Å². The van der Waals surface area contributed by atoms with Crippen molar-refractivity contribution in [1.82, 2.24) is 15.2 Å². The minimum absolute atomic E-state index is 0.206. The van der Waals surface area contributed by atoms with Gasteiger partial charge in [-0.25, -0.2) is 9.78 Å². The Kier molecular flexibility index (Phi) is 7.70. The van der Waals surface area contributed by atoms with Gasteiger partial charge in [-0.15, -0.1) is 11.3 Å². The van der Waals surface area contributed by atoms with Crippen molar-refractivity contribution in [2.75, 3.05) is 30.8 Å². The second-order valence-corrected chi connectivity index (χ2v) is 12.2. The van der Waals surface area contributed by atoms with E-state index in [2.05, 4.69) is 41.7 Å². The van der Waals surface area contributed by atoms with Gasteiger partial charge in [-0.05, 0) is 61.6 Å². The molecule has 0 aliphatic carbocycles. The molecule has 0 saturated carbocycles. The van der Waals surface area contributed by atoms with Crippen LogP contribution in [0.1, 0.15) is 55.4 Å². The molecule has 3 N–H and O–H groups in total. The fraction of sp³-hybridized carbons (Fsp3) is 0.379. The highest BCUT2D eigenvalue weighted by molar-refractivity contribution is 7.16. The van der Waals surface area contributed by atoms with Crippen molar-refractivity contribution in [3.05, 3.63) is 58.6 Å². The summed E-state index contributed by atoms with van der Waals surface area (Å²) in [5, 5.41) is 9.06. The zero-order chi connectivity index (χ0) is 28.5. The zero-order valence-electron chi connectivity index (χ0n) is 23.4. The number of carbonyl (C=O) groups excluding carboxylic acids is 3. The number of nitrogens with one attached hydrogen (secondary N) is 3. The first kappa shape index (κ1) is 28.1. The van der Waals surface area contributed by atoms with Crippen LogP contribution in [-0.2, 0) is 10.2 Å². The number of piperazine rings is 1. The van der Waals surface area contributed by atoms with Gasteiger partial charge in [0.25, 0.3) is 5.91 Å². The van der Waals surface area contributed by atoms with Crippen molar-refractivity contribution in [1.29, 1.82) is 0 Å². The van der Waals surface area contributed by atoms with Crippen LogP contribution in [-0.4, -0.2) is 53.5 Å². The number of aromatic nitrogens is 1. The molecule has 3 aromatic rings. The molecule has 3 heterocycles. The monoisotopic (exact) mass is 549 g/mol. The molecule has 1 aliphatic rings. The summed E-state index contributed by atoms with van der Waals surface area (Å²) in [6, 6.07) is 10.8. The Hall–Kier alpha value is -3.92. The second-order valence-electron chi connectivity index (χ2n) is 11.1. The highest BCUT2D eigenvalue weighted by atomic mass is 32.1. The Morgan fingerprint density at radius 1 is 1.10 bits per heavy atom. The average molecular weight is 550 g/mol. The largest absolute Gasteiger partial charge is 0.481 e. The van der Waals surface area contributed by atoms with E-state index in [0.717, 1.165) is 21.6 Å². The molecule has 0 unspecified atom stereocenters. The number of urea groups is 1. The lowest BCUT2D eigenvalue weighted by molar-refractivity contribution is -0.133. The van der Waals surface area contributed by atoms with Crippen LogP contribution < -0.4 is 20.7 Å². The Morgan fingerprint density at radius 2 is 1.85 bits per heavy atom. The Bertz CT molecular complexity index is 1410. The highest BCUT2D eigenvalue weighted by Gasteiger charge is 2.42. The SMILES string of the molecule is COc1ccc(-c2cc(C)cc(NC(=O)Nc3sc(C(C)(C)C)cc3C(=O)N3CCNC(=O)C3(C)C)c2)cn1. The first-order valence-corrected chi connectivity index (χ1v) is 13.6. The molecule has 9 nitrogen and oxygen atoms in total. The number of amides is 4. The van der Waals surface area contributed by atoms with Crippen LogP contribution >= 0.6 is 11.3 Å². The average Bonchev–Trinajstić information content (AvgIpc) is 3.29. The lowest BCUT2D eigenvalue weighted by Crippen LogP contribution is -2.63. The molecule has 1 fully saturated rings. The van der Waals surface area contributed by atoms with E-state index in [4.69, 9.17) is 4.74 Å². The third-order valence-electron chi connectivity index (χ3n) is 6.64. The number of thiophene rings is 1. The van der Waals surface area contributed by atoms with E-state index < -0.39 is 11.6 Å². The van der Waals surface area contributed by atoms with Crippen molar-refractivity contribution in [3.8, 4) is 17.0 Å². The maximum absolute atomic E-state index is 13.7. The lowest BCUT2D eigenvalue weighted by Gasteiger charge is -2.41. The highest BCUT2D eigenvalue weighted by Crippen LogP contribution is 2.38. The number of hydrogen-bond donors (Lipinski definition) is 3. The molecular weight excluding hydrogens is 514 g/mol. The van der Waals surface area contributed by atoms with Crippen LogP contribution in [0.2, 0.25) is 0 Å². The Balaban J connectivity index is 1.60. The van der Waals surface area contributed by atoms with E-state index in [1.807, 2.05) is 37.3 Å². The summed E-state index contributed by atoms with van der Waals surface area (Å²) in [7, 11) is 1.57. The number of rotatable bonds is 5. The van der Waals surface area contributed by atoms with Crippen molar-refractivity contribution in [2.24, 2.45) is 0 Å². The molecule has 4 amide bonds. The number of carbonyl (C=O) groups is 3. The molecular formula is C29H35N5O4S. The van der Waals surface area contributed by atoms with Crippen molar-refractivity contribution in [3.63, 3.8) is 0 Å². The van der Waals surface area contributed by atoms with Gasteiger partial charge in [0.05, 0.1) is 12.7 Å². The van der Waals surface area contributed by atoms with Gasteiger partial charge < -0.3 is 20.3 Å². The number of hydrogen-bond acceptors (Lipinski definition) is 6. The van der Waals surface area contributed by atoms with Crippen molar-refractivity contribution in [2.45, 2.75) is 52.5 Å². The molecule has 0 atom stereocenters. The maximum Gasteiger partial charge on any atom is 0.324 e. The molecule has 1 saturated heterocycles. The van der Waals surface area contributed by atoms with Crippen molar-refractivity contribution >= 4 is 39.9 Å². The third kappa shape index (κ3) is 6.06. The lowest BCUT2D eigenvalue weighted by atomic mass is 9.93. The molecule has 206 valence electrons. The van der Waals surface area contributed by atoms with Crippen LogP contribution in [0, 0.1) is 6.92 Å². The molecule has 10 heteroatoms. The van der Waals surface area contributed by atoms with Gasteiger partial charge in [0.2, 0.25) is 11.8 Å². The number of ether oxygens (including phenoxy) is 1. The summed E-state index contributed by atoms with van der Waals surface area (Å²) in [6.07, 6.45) is 1.72. The summed E-state index contributed by atoms with van der Waals surface area (Å²) >= 11 is 1.37. The first-order valence-electron chi connectivity index (χ1n) is 12.7. The van der Waals surface area contributed by atoms with Gasteiger partial charge in [0, 0.05) is 41.5 Å². The molecule has 0 bridgehead atoms. The summed E-state index contributed by atoms with van der Waals surface area (Å²) in [5.41, 5.74) is 2.48. The smallest absolute Gasteiger partial charge is 0.324 e. The predicted octanol–water partition coefficient (Wildman–Crippen LogP) is 5.42. The molecule has 39 heavy (non-hydrogen) atoms. The Labute approximate surface area is 233 Å². The van der Waals surface area contributed by atoms with E-state index in [9.17, 15) is 14.4 Å². The number of benzene rings is 1. The van der Waals surface area contributed by atoms with Gasteiger partial charge in [-0.2, -0.15) is 0 Å². The topological polar surface area (TPSA) is 113 Å².